The van der Waals surface area contributed by atoms with E-state index in [4.69, 9.17) is 4.99 Å². The highest BCUT2D eigenvalue weighted by atomic mass is 19.1. The molecule has 0 N–H and O–H groups in total. The Morgan fingerprint density at radius 1 is 0.758 bits per heavy atom. The van der Waals surface area contributed by atoms with Gasteiger partial charge in [-0.1, -0.05) is 55.5 Å². The van der Waals surface area contributed by atoms with Crippen LogP contribution in [0, 0.1) is 5.82 Å². The largest absolute Gasteiger partial charge is 0.312 e. The number of halogens is 1. The molecule has 0 fully saturated rings. The number of para-hydroxylation sites is 1. The van der Waals surface area contributed by atoms with Gasteiger partial charge in [0.2, 0.25) is 5.96 Å². The van der Waals surface area contributed by atoms with Crippen molar-refractivity contribution in [2.24, 2.45) is 4.99 Å². The minimum atomic E-state index is -0.240. The van der Waals surface area contributed by atoms with Gasteiger partial charge < -0.3 is 9.80 Å². The summed E-state index contributed by atoms with van der Waals surface area (Å²) >= 11 is 0. The molecular weight excluding hydrogens is 409 g/mol. The number of hydrogen-bond acceptors (Lipinski definition) is 1. The Bertz CT molecular complexity index is 1250. The third-order valence-electron chi connectivity index (χ3n) is 5.84. The predicted octanol–water partition coefficient (Wildman–Crippen LogP) is 7.58. The minimum Gasteiger partial charge on any atom is -0.312 e. The zero-order valence-electron chi connectivity index (χ0n) is 19.5. The monoisotopic (exact) mass is 439 g/mol. The molecule has 0 heterocycles. The van der Waals surface area contributed by atoms with E-state index in [1.54, 1.807) is 6.07 Å². The molecule has 0 saturated heterocycles. The summed E-state index contributed by atoms with van der Waals surface area (Å²) < 4.78 is 14.2. The zero-order chi connectivity index (χ0) is 23.2. The first kappa shape index (κ1) is 22.5. The van der Waals surface area contributed by atoms with E-state index in [0.717, 1.165) is 46.8 Å². The van der Waals surface area contributed by atoms with E-state index in [-0.39, 0.29) is 5.82 Å². The van der Waals surface area contributed by atoms with Crippen LogP contribution in [0.4, 0.5) is 21.5 Å². The summed E-state index contributed by atoms with van der Waals surface area (Å²) in [7, 11) is 0. The Kier molecular flexibility index (Phi) is 7.04. The number of aliphatic imine (C=N–C) groups is 1. The molecule has 0 aliphatic carbocycles. The predicted molar refractivity (Wildman–Crippen MR) is 139 cm³/mol. The third-order valence-corrected chi connectivity index (χ3v) is 5.84. The molecule has 4 rings (SSSR count). The van der Waals surface area contributed by atoms with Crippen LogP contribution in [0.2, 0.25) is 0 Å². The van der Waals surface area contributed by atoms with Crippen molar-refractivity contribution in [3.8, 4) is 0 Å². The first-order valence-corrected chi connectivity index (χ1v) is 11.6. The van der Waals surface area contributed by atoms with Gasteiger partial charge in [0.25, 0.3) is 0 Å². The van der Waals surface area contributed by atoms with Gasteiger partial charge in [0, 0.05) is 24.2 Å². The number of guanidine groups is 1. The fourth-order valence-corrected chi connectivity index (χ4v) is 4.15. The zero-order valence-corrected chi connectivity index (χ0v) is 19.5. The van der Waals surface area contributed by atoms with Crippen LogP contribution in [0.5, 0.6) is 0 Å². The lowest BCUT2D eigenvalue weighted by Gasteiger charge is -2.34. The molecule has 168 valence electrons. The summed E-state index contributed by atoms with van der Waals surface area (Å²) in [5.41, 5.74) is 4.19. The fourth-order valence-electron chi connectivity index (χ4n) is 4.15. The van der Waals surface area contributed by atoms with Crippen LogP contribution in [-0.4, -0.2) is 19.0 Å². The molecule has 4 aromatic rings. The molecule has 0 radical (unpaired) electrons. The molecule has 0 aliphatic heterocycles. The second-order valence-electron chi connectivity index (χ2n) is 7.90. The highest BCUT2D eigenvalue weighted by molar-refractivity contribution is 6.12. The Hall–Kier alpha value is -3.66. The summed E-state index contributed by atoms with van der Waals surface area (Å²) in [5.74, 6) is 0.576. The minimum absolute atomic E-state index is 0.240. The number of benzene rings is 4. The van der Waals surface area contributed by atoms with Gasteiger partial charge in [0.05, 0.1) is 11.4 Å². The molecular formula is C29H30FN3. The molecule has 0 saturated carbocycles. The molecule has 4 aromatic carbocycles. The van der Waals surface area contributed by atoms with Crippen molar-refractivity contribution in [1.29, 1.82) is 0 Å². The van der Waals surface area contributed by atoms with E-state index >= 15 is 0 Å². The van der Waals surface area contributed by atoms with Gasteiger partial charge in [0.15, 0.2) is 0 Å². The first-order chi connectivity index (χ1) is 16.1. The van der Waals surface area contributed by atoms with E-state index < -0.39 is 0 Å². The molecule has 0 aromatic heterocycles. The molecule has 4 heteroatoms. The molecule has 0 amide bonds. The molecule has 33 heavy (non-hydrogen) atoms. The molecule has 0 unspecified atom stereocenters. The quantitative estimate of drug-likeness (QED) is 0.228. The van der Waals surface area contributed by atoms with Gasteiger partial charge in [-0.25, -0.2) is 9.38 Å². The van der Waals surface area contributed by atoms with Gasteiger partial charge in [0.1, 0.15) is 5.82 Å². The van der Waals surface area contributed by atoms with Crippen LogP contribution in [0.3, 0.4) is 0 Å². The summed E-state index contributed by atoms with van der Waals surface area (Å²) in [6.07, 6.45) is 0.969. The van der Waals surface area contributed by atoms with Crippen molar-refractivity contribution in [2.45, 2.75) is 27.2 Å². The van der Waals surface area contributed by atoms with Crippen molar-refractivity contribution in [2.75, 3.05) is 22.9 Å². The van der Waals surface area contributed by atoms with Crippen LogP contribution >= 0.6 is 0 Å². The number of rotatable bonds is 6. The molecule has 3 nitrogen and oxygen atoms in total. The normalized spacial score (nSPS) is 11.6. The Labute approximate surface area is 195 Å². The molecule has 0 spiro atoms. The highest BCUT2D eigenvalue weighted by Gasteiger charge is 2.22. The Morgan fingerprint density at radius 3 is 2.24 bits per heavy atom. The third kappa shape index (κ3) is 4.90. The standard InChI is InChI=1S/C29H30FN3/c1-4-22-12-10-16-26(20-22)32(5-2)29(31-25-14-8-7-9-15-25)33(6-3)28-17-11-13-23-18-19-24(30)21-27(23)28/h7-21H,4-6H2,1-3H3. The van der Waals surface area contributed by atoms with Crippen molar-refractivity contribution >= 4 is 33.8 Å². The maximum absolute atomic E-state index is 14.2. The molecule has 0 atom stereocenters. The number of nitrogens with zero attached hydrogens (tertiary/aromatic N) is 3. The lowest BCUT2D eigenvalue weighted by atomic mass is 10.1. The van der Waals surface area contributed by atoms with Gasteiger partial charge in [-0.05, 0) is 73.7 Å². The van der Waals surface area contributed by atoms with Gasteiger partial charge in [-0.15, -0.1) is 0 Å². The van der Waals surface area contributed by atoms with Crippen LogP contribution in [0.25, 0.3) is 10.8 Å². The summed E-state index contributed by atoms with van der Waals surface area (Å²) in [5, 5.41) is 1.88. The Balaban J connectivity index is 1.92. The van der Waals surface area contributed by atoms with Crippen LogP contribution in [-0.2, 0) is 6.42 Å². The highest BCUT2D eigenvalue weighted by Crippen LogP contribution is 2.30. The average Bonchev–Trinajstić information content (AvgIpc) is 2.86. The van der Waals surface area contributed by atoms with Gasteiger partial charge in [-0.3, -0.25) is 0 Å². The van der Waals surface area contributed by atoms with Crippen molar-refractivity contribution in [3.05, 3.63) is 102 Å². The van der Waals surface area contributed by atoms with E-state index in [9.17, 15) is 4.39 Å². The number of aryl methyl sites for hydroxylation is 1. The maximum Gasteiger partial charge on any atom is 0.210 e. The number of anilines is 2. The lowest BCUT2D eigenvalue weighted by molar-refractivity contribution is 0.629. The number of hydrogen-bond donors (Lipinski definition) is 0. The smallest absolute Gasteiger partial charge is 0.210 e. The SMILES string of the molecule is CCc1cccc(N(CC)C(=Nc2ccccc2)N(CC)c2cccc3ccc(F)cc23)c1. The van der Waals surface area contributed by atoms with Crippen LogP contribution in [0.15, 0.2) is 96.0 Å². The molecule has 0 bridgehead atoms. The average molecular weight is 440 g/mol. The van der Waals surface area contributed by atoms with E-state index in [1.807, 2.05) is 54.6 Å². The van der Waals surface area contributed by atoms with E-state index in [0.29, 0.717) is 6.54 Å². The van der Waals surface area contributed by atoms with Crippen LogP contribution < -0.4 is 9.80 Å². The van der Waals surface area contributed by atoms with E-state index in [2.05, 4.69) is 54.8 Å². The summed E-state index contributed by atoms with van der Waals surface area (Å²) in [4.78, 5) is 9.52. The fraction of sp³-hybridized carbons (Fsp3) is 0.207. The van der Waals surface area contributed by atoms with Crippen molar-refractivity contribution in [3.63, 3.8) is 0 Å². The van der Waals surface area contributed by atoms with Crippen molar-refractivity contribution < 1.29 is 4.39 Å². The van der Waals surface area contributed by atoms with Crippen LogP contribution in [0.1, 0.15) is 26.3 Å². The maximum atomic E-state index is 14.2. The summed E-state index contributed by atoms with van der Waals surface area (Å²) in [6.45, 7) is 7.84. The van der Waals surface area contributed by atoms with Gasteiger partial charge >= 0.3 is 0 Å². The topological polar surface area (TPSA) is 18.8 Å². The second-order valence-corrected chi connectivity index (χ2v) is 7.90. The number of fused-ring (bicyclic) bond motifs is 1. The van der Waals surface area contributed by atoms with Crippen molar-refractivity contribution in [1.82, 2.24) is 0 Å². The summed E-state index contributed by atoms with van der Waals surface area (Å²) in [6, 6.07) is 29.6. The second kappa shape index (κ2) is 10.3. The first-order valence-electron chi connectivity index (χ1n) is 11.6. The molecule has 0 aliphatic rings. The van der Waals surface area contributed by atoms with Gasteiger partial charge in [-0.2, -0.15) is 0 Å². The Morgan fingerprint density at radius 2 is 1.52 bits per heavy atom. The van der Waals surface area contributed by atoms with E-state index in [1.165, 1.54) is 11.6 Å². The lowest BCUT2D eigenvalue weighted by Crippen LogP contribution is -2.45.